The van der Waals surface area contributed by atoms with Crippen LogP contribution in [-0.2, 0) is 16.6 Å². The minimum absolute atomic E-state index is 0.121. The number of hydrogen-bond donors (Lipinski definition) is 1. The zero-order chi connectivity index (χ0) is 17.3. The second-order valence-electron chi connectivity index (χ2n) is 5.65. The van der Waals surface area contributed by atoms with Gasteiger partial charge in [0, 0.05) is 11.1 Å². The summed E-state index contributed by atoms with van der Waals surface area (Å²) in [5.74, 6) is 0.664. The number of ether oxygens (including phenoxy) is 1. The topological polar surface area (TPSA) is 82.3 Å². The maximum absolute atomic E-state index is 11.6. The number of nitrogens with zero attached hydrogens (tertiary/aromatic N) is 1. The second-order valence-corrected chi connectivity index (χ2v) is 7.18. The zero-order valence-corrected chi connectivity index (χ0v) is 14.3. The summed E-state index contributed by atoms with van der Waals surface area (Å²) in [6, 6.07) is 14.7. The zero-order valence-electron chi connectivity index (χ0n) is 13.5. The molecule has 0 spiro atoms. The molecule has 6 heteroatoms. The standard InChI is InChI=1S/C18H18N2O3S/c1-12-9-10-14-5-3-7-16(18(14)20-12)23-11-15-6-4-8-17(13(15)2)24(19,21)22/h3-10H,11H2,1-2H3,(H2,19,21,22). The Morgan fingerprint density at radius 1 is 1.04 bits per heavy atom. The Balaban J connectivity index is 1.94. The molecule has 0 atom stereocenters. The van der Waals surface area contributed by atoms with Crippen molar-refractivity contribution < 1.29 is 13.2 Å². The number of pyridine rings is 1. The Kier molecular flexibility index (Phi) is 4.26. The average Bonchev–Trinajstić information content (AvgIpc) is 2.53. The number of para-hydroxylation sites is 1. The van der Waals surface area contributed by atoms with E-state index in [1.54, 1.807) is 13.0 Å². The lowest BCUT2D eigenvalue weighted by Crippen LogP contribution is -2.14. The lowest BCUT2D eigenvalue weighted by atomic mass is 10.1. The van der Waals surface area contributed by atoms with E-state index in [-0.39, 0.29) is 11.5 Å². The van der Waals surface area contributed by atoms with E-state index in [9.17, 15) is 8.42 Å². The maximum atomic E-state index is 11.6. The first-order chi connectivity index (χ1) is 11.4. The lowest BCUT2D eigenvalue weighted by Gasteiger charge is -2.12. The van der Waals surface area contributed by atoms with Crippen LogP contribution in [0.2, 0.25) is 0 Å². The van der Waals surface area contributed by atoms with E-state index < -0.39 is 10.0 Å². The van der Waals surface area contributed by atoms with Gasteiger partial charge in [-0.3, -0.25) is 0 Å². The van der Waals surface area contributed by atoms with Crippen molar-refractivity contribution in [2.75, 3.05) is 0 Å². The molecule has 2 N–H and O–H groups in total. The van der Waals surface area contributed by atoms with Crippen LogP contribution in [0.25, 0.3) is 10.9 Å². The molecular formula is C18H18N2O3S. The van der Waals surface area contributed by atoms with Crippen molar-refractivity contribution in [2.45, 2.75) is 25.3 Å². The van der Waals surface area contributed by atoms with E-state index in [1.807, 2.05) is 43.3 Å². The van der Waals surface area contributed by atoms with Crippen LogP contribution in [0.4, 0.5) is 0 Å². The van der Waals surface area contributed by atoms with Gasteiger partial charge in [-0.05, 0) is 43.2 Å². The normalized spacial score (nSPS) is 11.6. The van der Waals surface area contributed by atoms with E-state index in [0.717, 1.165) is 22.2 Å². The molecule has 0 aliphatic rings. The van der Waals surface area contributed by atoms with Crippen molar-refractivity contribution in [3.05, 3.63) is 65.4 Å². The third-order valence-electron chi connectivity index (χ3n) is 3.91. The molecule has 3 aromatic rings. The SMILES string of the molecule is Cc1ccc2cccc(OCc3cccc(S(N)(=O)=O)c3C)c2n1. The molecule has 5 nitrogen and oxygen atoms in total. The fraction of sp³-hybridized carbons (Fsp3) is 0.167. The smallest absolute Gasteiger partial charge is 0.238 e. The summed E-state index contributed by atoms with van der Waals surface area (Å²) in [7, 11) is -3.75. The number of aromatic nitrogens is 1. The van der Waals surface area contributed by atoms with Crippen molar-refractivity contribution in [3.63, 3.8) is 0 Å². The van der Waals surface area contributed by atoms with E-state index in [2.05, 4.69) is 4.98 Å². The second kappa shape index (κ2) is 6.22. The van der Waals surface area contributed by atoms with E-state index in [0.29, 0.717) is 11.3 Å². The highest BCUT2D eigenvalue weighted by Crippen LogP contribution is 2.26. The molecule has 3 rings (SSSR count). The molecular weight excluding hydrogens is 324 g/mol. The molecule has 0 unspecified atom stereocenters. The van der Waals surface area contributed by atoms with Gasteiger partial charge in [-0.15, -0.1) is 0 Å². The van der Waals surface area contributed by atoms with Crippen molar-refractivity contribution in [1.82, 2.24) is 4.98 Å². The molecule has 0 amide bonds. The van der Waals surface area contributed by atoms with Crippen LogP contribution in [0.15, 0.2) is 53.4 Å². The maximum Gasteiger partial charge on any atom is 0.238 e. The Hall–Kier alpha value is -2.44. The number of aryl methyl sites for hydroxylation is 1. The quantitative estimate of drug-likeness (QED) is 0.790. The van der Waals surface area contributed by atoms with Crippen LogP contribution in [0.3, 0.4) is 0 Å². The van der Waals surface area contributed by atoms with E-state index in [4.69, 9.17) is 9.88 Å². The van der Waals surface area contributed by atoms with E-state index >= 15 is 0 Å². The van der Waals surface area contributed by atoms with Gasteiger partial charge >= 0.3 is 0 Å². The molecule has 0 saturated heterocycles. The molecule has 0 saturated carbocycles. The Labute approximate surface area is 141 Å². The summed E-state index contributed by atoms with van der Waals surface area (Å²) in [4.78, 5) is 4.65. The summed E-state index contributed by atoms with van der Waals surface area (Å²) < 4.78 is 29.1. The molecule has 0 aliphatic carbocycles. The monoisotopic (exact) mass is 342 g/mol. The Bertz CT molecular complexity index is 1010. The van der Waals surface area contributed by atoms with Gasteiger partial charge in [0.25, 0.3) is 0 Å². The largest absolute Gasteiger partial charge is 0.487 e. The van der Waals surface area contributed by atoms with Gasteiger partial charge in [0.2, 0.25) is 10.0 Å². The minimum Gasteiger partial charge on any atom is -0.487 e. The predicted octanol–water partition coefficient (Wildman–Crippen LogP) is 3.08. The van der Waals surface area contributed by atoms with Crippen molar-refractivity contribution >= 4 is 20.9 Å². The highest BCUT2D eigenvalue weighted by molar-refractivity contribution is 7.89. The third kappa shape index (κ3) is 3.25. The van der Waals surface area contributed by atoms with Crippen molar-refractivity contribution in [3.8, 4) is 5.75 Å². The summed E-state index contributed by atoms with van der Waals surface area (Å²) in [5.41, 5.74) is 3.07. The number of rotatable bonds is 4. The van der Waals surface area contributed by atoms with Gasteiger partial charge in [0.15, 0.2) is 0 Å². The summed E-state index contributed by atoms with van der Waals surface area (Å²) in [5, 5.41) is 6.24. The van der Waals surface area contributed by atoms with Gasteiger partial charge < -0.3 is 4.74 Å². The molecule has 0 radical (unpaired) electrons. The fourth-order valence-electron chi connectivity index (χ4n) is 2.61. The van der Waals surface area contributed by atoms with Crippen LogP contribution in [0.5, 0.6) is 5.75 Å². The Morgan fingerprint density at radius 2 is 1.79 bits per heavy atom. The predicted molar refractivity (Wildman–Crippen MR) is 93.4 cm³/mol. The third-order valence-corrected chi connectivity index (χ3v) is 4.96. The van der Waals surface area contributed by atoms with Gasteiger partial charge in [0.05, 0.1) is 4.90 Å². The molecule has 124 valence electrons. The first kappa shape index (κ1) is 16.4. The molecule has 2 aromatic carbocycles. The van der Waals surface area contributed by atoms with Gasteiger partial charge in [-0.2, -0.15) is 0 Å². The Morgan fingerprint density at radius 3 is 2.54 bits per heavy atom. The lowest BCUT2D eigenvalue weighted by molar-refractivity contribution is 0.308. The molecule has 1 heterocycles. The van der Waals surface area contributed by atoms with Gasteiger partial charge in [-0.25, -0.2) is 18.5 Å². The van der Waals surface area contributed by atoms with Crippen LogP contribution in [0.1, 0.15) is 16.8 Å². The molecule has 24 heavy (non-hydrogen) atoms. The first-order valence-corrected chi connectivity index (χ1v) is 9.01. The summed E-state index contributed by atoms with van der Waals surface area (Å²) in [6.45, 7) is 3.89. The number of fused-ring (bicyclic) bond motifs is 1. The number of primary sulfonamides is 1. The molecule has 1 aromatic heterocycles. The summed E-state index contributed by atoms with van der Waals surface area (Å²) in [6.07, 6.45) is 0. The van der Waals surface area contributed by atoms with Crippen LogP contribution >= 0.6 is 0 Å². The highest BCUT2D eigenvalue weighted by atomic mass is 32.2. The van der Waals surface area contributed by atoms with E-state index in [1.165, 1.54) is 6.07 Å². The van der Waals surface area contributed by atoms with Crippen molar-refractivity contribution in [1.29, 1.82) is 0 Å². The minimum atomic E-state index is -3.75. The van der Waals surface area contributed by atoms with Crippen LogP contribution in [-0.4, -0.2) is 13.4 Å². The van der Waals surface area contributed by atoms with Gasteiger partial charge in [0.1, 0.15) is 17.9 Å². The number of sulfonamides is 1. The average molecular weight is 342 g/mol. The number of nitrogens with two attached hydrogens (primary N) is 1. The highest BCUT2D eigenvalue weighted by Gasteiger charge is 2.14. The summed E-state index contributed by atoms with van der Waals surface area (Å²) >= 11 is 0. The molecule has 0 aliphatic heterocycles. The van der Waals surface area contributed by atoms with Crippen LogP contribution in [0, 0.1) is 13.8 Å². The number of hydrogen-bond acceptors (Lipinski definition) is 4. The number of benzene rings is 2. The first-order valence-electron chi connectivity index (χ1n) is 7.47. The molecule has 0 fully saturated rings. The van der Waals surface area contributed by atoms with Crippen LogP contribution < -0.4 is 9.88 Å². The molecule has 0 bridgehead atoms. The van der Waals surface area contributed by atoms with Gasteiger partial charge in [-0.1, -0.05) is 30.3 Å². The van der Waals surface area contributed by atoms with Crippen molar-refractivity contribution in [2.24, 2.45) is 5.14 Å². The fourth-order valence-corrected chi connectivity index (χ4v) is 3.44.